The van der Waals surface area contributed by atoms with Gasteiger partial charge in [-0.3, -0.25) is 4.90 Å². The van der Waals surface area contributed by atoms with Gasteiger partial charge in [0.15, 0.2) is 5.60 Å². The van der Waals surface area contributed by atoms with Gasteiger partial charge in [0.2, 0.25) is 0 Å². The first kappa shape index (κ1) is 17.2. The molecule has 1 heterocycles. The highest BCUT2D eigenvalue weighted by Gasteiger charge is 2.29. The highest BCUT2D eigenvalue weighted by atomic mass is 79.9. The number of rotatable bonds is 3. The predicted octanol–water partition coefficient (Wildman–Crippen LogP) is 4.17. The average molecular weight is 384 g/mol. The number of likely N-dealkylation sites (tertiary alicyclic amines) is 1. The maximum absolute atomic E-state index is 11.4. The monoisotopic (exact) mass is 383 g/mol. The Morgan fingerprint density at radius 1 is 0.917 bits per heavy atom. The van der Waals surface area contributed by atoms with Gasteiger partial charge in [0.1, 0.15) is 0 Å². The van der Waals surface area contributed by atoms with E-state index < -0.39 is 5.60 Å². The molecule has 2 aromatic carbocycles. The van der Waals surface area contributed by atoms with Gasteiger partial charge in [-0.05, 0) is 38.1 Å². The molecule has 2 aromatic rings. The Labute approximate surface area is 152 Å². The SMILES string of the molecule is OC(C#CCN1CCCCC1)(c1ccccc1)c1ccc(Br)cc1. The standard InChI is InChI=1S/C21H22BrNO/c22-20-12-10-19(11-13-20)21(24,18-8-3-1-4-9-18)14-7-17-23-15-5-2-6-16-23/h1,3-4,8-13,24H,2,5-6,15-17H2. The van der Waals surface area contributed by atoms with Gasteiger partial charge in [0.05, 0.1) is 6.54 Å². The molecule has 3 heteroatoms. The summed E-state index contributed by atoms with van der Waals surface area (Å²) in [5, 5.41) is 11.4. The van der Waals surface area contributed by atoms with Gasteiger partial charge >= 0.3 is 0 Å². The Kier molecular flexibility index (Phi) is 5.73. The molecule has 124 valence electrons. The first-order valence-corrected chi connectivity index (χ1v) is 9.24. The van der Waals surface area contributed by atoms with Crippen LogP contribution in [0.4, 0.5) is 0 Å². The fraction of sp³-hybridized carbons (Fsp3) is 0.333. The topological polar surface area (TPSA) is 23.5 Å². The largest absolute Gasteiger partial charge is 0.369 e. The lowest BCUT2D eigenvalue weighted by molar-refractivity contribution is 0.145. The second kappa shape index (κ2) is 7.98. The number of nitrogens with zero attached hydrogens (tertiary/aromatic N) is 1. The fourth-order valence-electron chi connectivity index (χ4n) is 3.08. The van der Waals surface area contributed by atoms with Crippen LogP contribution in [0.5, 0.6) is 0 Å². The maximum atomic E-state index is 11.4. The first-order valence-electron chi connectivity index (χ1n) is 8.45. The van der Waals surface area contributed by atoms with Crippen LogP contribution in [0, 0.1) is 11.8 Å². The van der Waals surface area contributed by atoms with E-state index >= 15 is 0 Å². The minimum Gasteiger partial charge on any atom is -0.369 e. The molecule has 0 amide bonds. The molecule has 3 rings (SSSR count). The van der Waals surface area contributed by atoms with E-state index in [9.17, 15) is 5.11 Å². The number of aliphatic hydroxyl groups is 1. The van der Waals surface area contributed by atoms with Crippen LogP contribution in [0.1, 0.15) is 30.4 Å². The summed E-state index contributed by atoms with van der Waals surface area (Å²) in [5.41, 5.74) is 0.319. The molecule has 24 heavy (non-hydrogen) atoms. The van der Waals surface area contributed by atoms with Gasteiger partial charge in [0.25, 0.3) is 0 Å². The summed E-state index contributed by atoms with van der Waals surface area (Å²) in [5.74, 6) is 6.37. The Morgan fingerprint density at radius 3 is 2.21 bits per heavy atom. The third-order valence-electron chi connectivity index (χ3n) is 4.47. The van der Waals surface area contributed by atoms with Crippen molar-refractivity contribution in [3.63, 3.8) is 0 Å². The van der Waals surface area contributed by atoms with Gasteiger partial charge in [-0.15, -0.1) is 0 Å². The predicted molar refractivity (Wildman–Crippen MR) is 102 cm³/mol. The van der Waals surface area contributed by atoms with Crippen LogP contribution in [0.3, 0.4) is 0 Å². The minimum atomic E-state index is -1.28. The van der Waals surface area contributed by atoms with E-state index in [0.29, 0.717) is 6.54 Å². The molecule has 1 unspecified atom stereocenters. The number of hydrogen-bond donors (Lipinski definition) is 1. The molecule has 1 atom stereocenters. The summed E-state index contributed by atoms with van der Waals surface area (Å²) in [6.45, 7) is 2.93. The van der Waals surface area contributed by atoms with Crippen molar-refractivity contribution in [3.8, 4) is 11.8 Å². The average Bonchev–Trinajstić information content (AvgIpc) is 2.64. The summed E-state index contributed by atoms with van der Waals surface area (Å²) < 4.78 is 0.989. The molecule has 1 fully saturated rings. The van der Waals surface area contributed by atoms with Crippen molar-refractivity contribution in [3.05, 3.63) is 70.2 Å². The third-order valence-corrected chi connectivity index (χ3v) is 5.00. The van der Waals surface area contributed by atoms with Crippen molar-refractivity contribution in [2.45, 2.75) is 24.9 Å². The van der Waals surface area contributed by atoms with Gasteiger partial charge < -0.3 is 5.11 Å². The van der Waals surface area contributed by atoms with Crippen molar-refractivity contribution in [1.29, 1.82) is 0 Å². The zero-order chi connectivity index (χ0) is 16.8. The van der Waals surface area contributed by atoms with E-state index in [1.807, 2.05) is 54.6 Å². The molecule has 0 bridgehead atoms. The highest BCUT2D eigenvalue weighted by molar-refractivity contribution is 9.10. The van der Waals surface area contributed by atoms with E-state index in [1.54, 1.807) is 0 Å². The lowest BCUT2D eigenvalue weighted by atomic mass is 9.87. The molecule has 0 saturated carbocycles. The highest BCUT2D eigenvalue weighted by Crippen LogP contribution is 2.29. The molecule has 0 radical (unpaired) electrons. The fourth-order valence-corrected chi connectivity index (χ4v) is 3.34. The van der Waals surface area contributed by atoms with E-state index in [1.165, 1.54) is 19.3 Å². The Balaban J connectivity index is 1.89. The van der Waals surface area contributed by atoms with Crippen molar-refractivity contribution >= 4 is 15.9 Å². The Morgan fingerprint density at radius 2 is 1.54 bits per heavy atom. The van der Waals surface area contributed by atoms with Crippen molar-refractivity contribution in [2.24, 2.45) is 0 Å². The molecule has 1 aliphatic heterocycles. The van der Waals surface area contributed by atoms with Crippen molar-refractivity contribution < 1.29 is 5.11 Å². The number of halogens is 1. The van der Waals surface area contributed by atoms with Crippen LogP contribution < -0.4 is 0 Å². The van der Waals surface area contributed by atoms with Gasteiger partial charge in [-0.2, -0.15) is 0 Å². The van der Waals surface area contributed by atoms with Gasteiger partial charge in [-0.25, -0.2) is 0 Å². The molecule has 0 aliphatic carbocycles. The smallest absolute Gasteiger partial charge is 0.176 e. The second-order valence-corrected chi connectivity index (χ2v) is 7.14. The van der Waals surface area contributed by atoms with E-state index in [4.69, 9.17) is 0 Å². The molecule has 1 aliphatic rings. The van der Waals surface area contributed by atoms with Crippen LogP contribution in [0.25, 0.3) is 0 Å². The maximum Gasteiger partial charge on any atom is 0.176 e. The summed E-state index contributed by atoms with van der Waals surface area (Å²) in [7, 11) is 0. The van der Waals surface area contributed by atoms with Crippen LogP contribution in [0.2, 0.25) is 0 Å². The Bertz CT molecular complexity index is 711. The summed E-state index contributed by atoms with van der Waals surface area (Å²) >= 11 is 3.45. The molecule has 0 aromatic heterocycles. The summed E-state index contributed by atoms with van der Waals surface area (Å²) in [6, 6.07) is 17.4. The van der Waals surface area contributed by atoms with Gasteiger partial charge in [0, 0.05) is 15.6 Å². The first-order chi connectivity index (χ1) is 11.7. The molecule has 2 nitrogen and oxygen atoms in total. The summed E-state index contributed by atoms with van der Waals surface area (Å²) in [6.07, 6.45) is 3.81. The van der Waals surface area contributed by atoms with Gasteiger partial charge in [-0.1, -0.05) is 76.7 Å². The molecular formula is C21H22BrNO. The lowest BCUT2D eigenvalue weighted by Crippen LogP contribution is -2.30. The number of piperidine rings is 1. The summed E-state index contributed by atoms with van der Waals surface area (Å²) in [4.78, 5) is 2.36. The van der Waals surface area contributed by atoms with Crippen molar-refractivity contribution in [2.75, 3.05) is 19.6 Å². The second-order valence-electron chi connectivity index (χ2n) is 6.22. The van der Waals surface area contributed by atoms with E-state index in [2.05, 4.69) is 32.7 Å². The van der Waals surface area contributed by atoms with Crippen molar-refractivity contribution in [1.82, 2.24) is 4.90 Å². The van der Waals surface area contributed by atoms with Crippen LogP contribution in [-0.4, -0.2) is 29.6 Å². The molecule has 1 saturated heterocycles. The van der Waals surface area contributed by atoms with Crippen LogP contribution in [-0.2, 0) is 5.60 Å². The quantitative estimate of drug-likeness (QED) is 0.803. The van der Waals surface area contributed by atoms with Crippen LogP contribution in [0.15, 0.2) is 59.1 Å². The van der Waals surface area contributed by atoms with E-state index in [0.717, 1.165) is 28.7 Å². The Hall–Kier alpha value is -1.60. The molecular weight excluding hydrogens is 362 g/mol. The third kappa shape index (κ3) is 4.08. The zero-order valence-corrected chi connectivity index (χ0v) is 15.3. The van der Waals surface area contributed by atoms with Crippen LogP contribution >= 0.6 is 15.9 Å². The molecule has 0 spiro atoms. The normalized spacial score (nSPS) is 17.6. The zero-order valence-electron chi connectivity index (χ0n) is 13.7. The number of hydrogen-bond acceptors (Lipinski definition) is 2. The molecule has 1 N–H and O–H groups in total. The van der Waals surface area contributed by atoms with E-state index in [-0.39, 0.29) is 0 Å². The lowest BCUT2D eigenvalue weighted by Gasteiger charge is -2.25. The number of benzene rings is 2. The minimum absolute atomic E-state index is 0.714.